The molecular weight excluding hydrogens is 593 g/mol. The van der Waals surface area contributed by atoms with Crippen molar-refractivity contribution < 1.29 is 41.4 Å². The predicted molar refractivity (Wildman–Crippen MR) is 208 cm³/mol. The number of rotatable bonds is 4. The molecule has 0 saturated heterocycles. The van der Waals surface area contributed by atoms with Crippen LogP contribution in [0.15, 0.2) is 186 Å². The fourth-order valence-corrected chi connectivity index (χ4v) is 6.09. The first-order valence-electron chi connectivity index (χ1n) is 28.1. The minimum atomic E-state index is -0.944. The maximum atomic E-state index is 9.94. The van der Waals surface area contributed by atoms with Gasteiger partial charge in [-0.05, 0) is 83.5 Å². The van der Waals surface area contributed by atoms with Crippen LogP contribution in [-0.4, -0.2) is 0 Å². The molecule has 9 aromatic carbocycles. The van der Waals surface area contributed by atoms with Gasteiger partial charge in [0.05, 0.1) is 37.0 Å². The summed E-state index contributed by atoms with van der Waals surface area (Å²) in [6.45, 7) is 0. The summed E-state index contributed by atoms with van der Waals surface area (Å²) in [5, 5.41) is -4.86. The lowest BCUT2D eigenvalue weighted by Gasteiger charge is -2.18. The van der Waals surface area contributed by atoms with Gasteiger partial charge in [-0.3, -0.25) is 0 Å². The Morgan fingerprint density at radius 2 is 0.878 bits per heavy atom. The van der Waals surface area contributed by atoms with Crippen molar-refractivity contribution in [1.29, 1.82) is 0 Å². The summed E-state index contributed by atoms with van der Waals surface area (Å²) in [7, 11) is 0. The molecule has 1 heterocycles. The quantitative estimate of drug-likeness (QED) is 0.137. The largest absolute Gasteiger partial charge is 0.455 e. The second-order valence-corrected chi connectivity index (χ2v) is 10.8. The summed E-state index contributed by atoms with van der Waals surface area (Å²) >= 11 is 0. The molecule has 0 unspecified atom stereocenters. The van der Waals surface area contributed by atoms with Crippen molar-refractivity contribution in [2.24, 2.45) is 0 Å². The van der Waals surface area contributed by atoms with E-state index < -0.39 is 240 Å². The van der Waals surface area contributed by atoms with Gasteiger partial charge >= 0.3 is 0 Å². The summed E-state index contributed by atoms with van der Waals surface area (Å²) in [5.74, 6) is -0.688. The lowest BCUT2D eigenvalue weighted by Crippen LogP contribution is -1.91. The van der Waals surface area contributed by atoms with Crippen molar-refractivity contribution in [3.8, 4) is 44.7 Å². The smallest absolute Gasteiger partial charge is 0.143 e. The highest BCUT2D eigenvalue weighted by molar-refractivity contribution is 6.25. The Bertz CT molecular complexity index is 4290. The molecule has 0 radical (unpaired) electrons. The highest BCUT2D eigenvalue weighted by Crippen LogP contribution is 2.50. The van der Waals surface area contributed by atoms with E-state index in [0.717, 1.165) is 0 Å². The van der Waals surface area contributed by atoms with Crippen LogP contribution in [-0.2, 0) is 0 Å². The van der Waals surface area contributed by atoms with E-state index >= 15 is 0 Å². The molecule has 0 bridgehead atoms. The molecule has 1 nitrogen and oxygen atoms in total. The van der Waals surface area contributed by atoms with Gasteiger partial charge in [-0.1, -0.05) is 163 Å². The lowest BCUT2D eigenvalue weighted by atomic mass is 9.84. The van der Waals surface area contributed by atoms with Gasteiger partial charge in [0, 0.05) is 22.1 Å². The third kappa shape index (κ3) is 4.40. The van der Waals surface area contributed by atoms with E-state index in [9.17, 15) is 9.60 Å². The Hall–Kier alpha value is -6.44. The molecule has 1 heteroatoms. The highest BCUT2D eigenvalue weighted by Gasteiger charge is 2.24. The molecule has 1 aromatic heterocycles. The van der Waals surface area contributed by atoms with E-state index in [1.807, 2.05) is 0 Å². The second kappa shape index (κ2) is 11.1. The van der Waals surface area contributed by atoms with Crippen LogP contribution in [0.25, 0.3) is 98.8 Å². The Morgan fingerprint density at radius 1 is 0.347 bits per heavy atom. The topological polar surface area (TPSA) is 13.1 Å². The standard InChI is InChI=1S/C48H30O/c1-3-13-31(14-4-1)35-27-28-42-44(30-35)49-48(36-26-25-33-24-23-32-15-7-8-18-37(32)43(33)29-36)47(42)46-40-21-11-9-19-38(40)45(34-16-5-2-6-17-34)39-20-10-12-22-41(39)46/h1-30H/i1D,2D,3D,4D,5D,6D,7D,8D,9D,10D,11D,12D,13D,14D,15D,16D,17D,18D,19D,20D,21D,22D,23D,24D,25D,26D,29D. The minimum absolute atomic E-state index is 0.0906. The van der Waals surface area contributed by atoms with E-state index in [0.29, 0.717) is 0 Å². The van der Waals surface area contributed by atoms with Gasteiger partial charge < -0.3 is 4.42 Å². The Labute approximate surface area is 322 Å². The first-order valence-corrected chi connectivity index (χ1v) is 14.6. The molecular formula is C48H30O. The molecule has 0 atom stereocenters. The van der Waals surface area contributed by atoms with Crippen molar-refractivity contribution in [2.45, 2.75) is 0 Å². The van der Waals surface area contributed by atoms with Gasteiger partial charge in [-0.15, -0.1) is 0 Å². The Kier molecular flexibility index (Phi) is 2.69. The average molecular weight is 650 g/mol. The van der Waals surface area contributed by atoms with Crippen LogP contribution in [0.3, 0.4) is 0 Å². The van der Waals surface area contributed by atoms with Gasteiger partial charge in [-0.2, -0.15) is 0 Å². The maximum absolute atomic E-state index is 9.94. The molecule has 0 N–H and O–H groups in total. The summed E-state index contributed by atoms with van der Waals surface area (Å²) < 4.78 is 248. The van der Waals surface area contributed by atoms with Crippen LogP contribution in [0, 0.1) is 0 Å². The maximum Gasteiger partial charge on any atom is 0.143 e. The second-order valence-electron chi connectivity index (χ2n) is 10.8. The molecule has 0 aliphatic carbocycles. The fourth-order valence-electron chi connectivity index (χ4n) is 6.09. The van der Waals surface area contributed by atoms with Crippen molar-refractivity contribution in [3.63, 3.8) is 0 Å². The zero-order valence-electron chi connectivity index (χ0n) is 51.6. The normalized spacial score (nSPS) is 19.4. The number of furan rings is 1. The van der Waals surface area contributed by atoms with E-state index in [1.54, 1.807) is 0 Å². The Morgan fingerprint density at radius 3 is 1.55 bits per heavy atom. The fraction of sp³-hybridized carbons (Fsp3) is 0. The first kappa shape index (κ1) is 11.9. The lowest BCUT2D eigenvalue weighted by molar-refractivity contribution is 0.633. The van der Waals surface area contributed by atoms with Crippen molar-refractivity contribution >= 4 is 54.1 Å². The molecule has 228 valence electrons. The van der Waals surface area contributed by atoms with Crippen molar-refractivity contribution in [1.82, 2.24) is 0 Å². The van der Waals surface area contributed by atoms with Crippen molar-refractivity contribution in [2.75, 3.05) is 0 Å². The summed E-state index contributed by atoms with van der Waals surface area (Å²) in [4.78, 5) is 0. The van der Waals surface area contributed by atoms with Crippen molar-refractivity contribution in [3.05, 3.63) is 181 Å². The van der Waals surface area contributed by atoms with Crippen LogP contribution in [0.5, 0.6) is 0 Å². The average Bonchev–Trinajstić information content (AvgIpc) is 3.89. The molecule has 10 aromatic rings. The van der Waals surface area contributed by atoms with E-state index in [-0.39, 0.29) is 22.1 Å². The third-order valence-electron chi connectivity index (χ3n) is 8.14. The van der Waals surface area contributed by atoms with Crippen LogP contribution in [0.4, 0.5) is 0 Å². The zero-order valence-corrected chi connectivity index (χ0v) is 24.6. The van der Waals surface area contributed by atoms with Gasteiger partial charge in [-0.25, -0.2) is 0 Å². The number of benzene rings is 9. The van der Waals surface area contributed by atoms with E-state index in [4.69, 9.17) is 31.8 Å². The van der Waals surface area contributed by atoms with Crippen LogP contribution in [0.1, 0.15) is 37.0 Å². The first-order chi connectivity index (χ1) is 35.5. The number of hydrogen-bond acceptors (Lipinski definition) is 1. The van der Waals surface area contributed by atoms with Gasteiger partial charge in [0.25, 0.3) is 0 Å². The van der Waals surface area contributed by atoms with Gasteiger partial charge in [0.1, 0.15) is 11.3 Å². The molecule has 0 amide bonds. The SMILES string of the molecule is [2H]c1c([2H])c([2H])c(-c2ccc3c(-c4c5c([2H])c([2H])c([2H])c([2H])c5c(-c5c([2H])c([2H])c([2H])c([2H])c5[2H])c5c([2H])c([2H])c([2H])c([2H])c45)c(-c4c([2H])c([2H])c5c([2H])c([2H])c6c([2H])c([2H])c([2H])c([2H])c6c5c4[2H])oc3c2)c([2H])c1[2H]. The highest BCUT2D eigenvalue weighted by atomic mass is 16.3. The number of fused-ring (bicyclic) bond motifs is 6. The zero-order chi connectivity index (χ0) is 55.8. The third-order valence-corrected chi connectivity index (χ3v) is 8.14. The van der Waals surface area contributed by atoms with Crippen LogP contribution >= 0.6 is 0 Å². The molecule has 10 rings (SSSR count). The molecule has 0 fully saturated rings. The molecule has 0 spiro atoms. The van der Waals surface area contributed by atoms with E-state index in [1.165, 1.54) is 18.2 Å². The monoisotopic (exact) mass is 649 g/mol. The summed E-state index contributed by atoms with van der Waals surface area (Å²) in [5.41, 5.74) is -3.85. The molecule has 0 aliphatic heterocycles. The summed E-state index contributed by atoms with van der Waals surface area (Å²) in [6, 6.07) is -19.2. The predicted octanol–water partition coefficient (Wildman–Crippen LogP) is 13.7. The number of hydrogen-bond donors (Lipinski definition) is 0. The molecule has 0 aliphatic rings. The Balaban J connectivity index is 1.54. The molecule has 49 heavy (non-hydrogen) atoms. The summed E-state index contributed by atoms with van der Waals surface area (Å²) in [6.07, 6.45) is 0. The van der Waals surface area contributed by atoms with Crippen LogP contribution in [0.2, 0.25) is 0 Å². The van der Waals surface area contributed by atoms with Gasteiger partial charge in [0.2, 0.25) is 0 Å². The van der Waals surface area contributed by atoms with Gasteiger partial charge in [0.15, 0.2) is 0 Å². The molecule has 0 saturated carbocycles. The van der Waals surface area contributed by atoms with Crippen LogP contribution < -0.4 is 0 Å². The van der Waals surface area contributed by atoms with E-state index in [2.05, 4.69) is 0 Å². The minimum Gasteiger partial charge on any atom is -0.455 e.